The molecule has 0 saturated carbocycles. The van der Waals surface area contributed by atoms with Crippen LogP contribution in [0.5, 0.6) is 0 Å². The fraction of sp³-hybridized carbons (Fsp3) is 0.0870. The number of ether oxygens (including phenoxy) is 1. The number of rotatable bonds is 4. The van der Waals surface area contributed by atoms with Crippen LogP contribution >= 0.6 is 23.4 Å². The standard InChI is InChI=1S/C23H17ClN2O4S/c1-26-21(27)20(13-18-11-12-19(30-18)14-3-7-16(24)8-4-14)31-23(26)25-17-9-5-15(6-10-17)22(28)29-2/h3-13H,1-2H3/b20-13-,25-23?. The highest BCUT2D eigenvalue weighted by atomic mass is 35.5. The van der Waals surface area contributed by atoms with Gasteiger partial charge in [0.15, 0.2) is 5.17 Å². The number of benzene rings is 2. The van der Waals surface area contributed by atoms with Gasteiger partial charge in [0.2, 0.25) is 0 Å². The summed E-state index contributed by atoms with van der Waals surface area (Å²) < 4.78 is 10.6. The fourth-order valence-electron chi connectivity index (χ4n) is 2.88. The number of carbonyl (C=O) groups is 2. The number of carbonyl (C=O) groups excluding carboxylic acids is 2. The lowest BCUT2D eigenvalue weighted by Gasteiger charge is -2.07. The number of hydrogen-bond acceptors (Lipinski definition) is 6. The van der Waals surface area contributed by atoms with Crippen LogP contribution in [0, 0.1) is 0 Å². The maximum atomic E-state index is 12.6. The van der Waals surface area contributed by atoms with Crippen molar-refractivity contribution in [1.82, 2.24) is 4.90 Å². The van der Waals surface area contributed by atoms with Gasteiger partial charge in [-0.3, -0.25) is 9.69 Å². The van der Waals surface area contributed by atoms with E-state index < -0.39 is 5.97 Å². The minimum absolute atomic E-state index is 0.167. The quantitative estimate of drug-likeness (QED) is 0.379. The highest BCUT2D eigenvalue weighted by Gasteiger charge is 2.30. The molecule has 1 aliphatic rings. The van der Waals surface area contributed by atoms with Gasteiger partial charge in [-0.2, -0.15) is 0 Å². The molecule has 1 fully saturated rings. The number of amidine groups is 1. The molecule has 1 aliphatic heterocycles. The molecule has 0 radical (unpaired) electrons. The zero-order chi connectivity index (χ0) is 22.0. The lowest BCUT2D eigenvalue weighted by atomic mass is 10.2. The van der Waals surface area contributed by atoms with Gasteiger partial charge in [0, 0.05) is 23.7 Å². The summed E-state index contributed by atoms with van der Waals surface area (Å²) in [5, 5.41) is 1.19. The second kappa shape index (κ2) is 8.83. The predicted molar refractivity (Wildman–Crippen MR) is 122 cm³/mol. The van der Waals surface area contributed by atoms with Gasteiger partial charge in [-0.1, -0.05) is 11.6 Å². The Morgan fingerprint density at radius 2 is 1.81 bits per heavy atom. The van der Waals surface area contributed by atoms with Crippen molar-refractivity contribution in [3.8, 4) is 11.3 Å². The smallest absolute Gasteiger partial charge is 0.337 e. The van der Waals surface area contributed by atoms with Gasteiger partial charge < -0.3 is 9.15 Å². The molecule has 6 nitrogen and oxygen atoms in total. The van der Waals surface area contributed by atoms with Crippen LogP contribution in [0.2, 0.25) is 5.02 Å². The van der Waals surface area contributed by atoms with Gasteiger partial charge in [-0.05, 0) is 72.4 Å². The van der Waals surface area contributed by atoms with E-state index in [1.807, 2.05) is 24.3 Å². The summed E-state index contributed by atoms with van der Waals surface area (Å²) in [4.78, 5) is 30.7. The number of halogens is 1. The first-order valence-corrected chi connectivity index (χ1v) is 10.4. The van der Waals surface area contributed by atoms with E-state index in [9.17, 15) is 9.59 Å². The SMILES string of the molecule is COC(=O)c1ccc(N=C2S/C(=C\c3ccc(-c4ccc(Cl)cc4)o3)C(=O)N2C)cc1. The van der Waals surface area contributed by atoms with Gasteiger partial charge in [0.25, 0.3) is 5.91 Å². The molecule has 2 aromatic carbocycles. The first-order chi connectivity index (χ1) is 14.9. The Balaban J connectivity index is 1.54. The third kappa shape index (κ3) is 4.57. The summed E-state index contributed by atoms with van der Waals surface area (Å²) in [6, 6.07) is 17.7. The molecule has 1 aromatic heterocycles. The number of methoxy groups -OCH3 is 1. The Kier molecular flexibility index (Phi) is 5.97. The molecule has 0 unspecified atom stereocenters. The maximum absolute atomic E-state index is 12.6. The highest BCUT2D eigenvalue weighted by molar-refractivity contribution is 8.18. The molecule has 4 rings (SSSR count). The van der Waals surface area contributed by atoms with Crippen molar-refractivity contribution in [2.45, 2.75) is 0 Å². The molecule has 0 spiro atoms. The monoisotopic (exact) mass is 452 g/mol. The van der Waals surface area contributed by atoms with Crippen LogP contribution < -0.4 is 0 Å². The number of nitrogens with zero attached hydrogens (tertiary/aromatic N) is 2. The van der Waals surface area contributed by atoms with Crippen LogP contribution in [0.1, 0.15) is 16.1 Å². The van der Waals surface area contributed by atoms with E-state index in [4.69, 9.17) is 20.8 Å². The van der Waals surface area contributed by atoms with Crippen molar-refractivity contribution >= 4 is 52.2 Å². The molecule has 0 atom stereocenters. The summed E-state index contributed by atoms with van der Waals surface area (Å²) in [6.07, 6.45) is 1.70. The van der Waals surface area contributed by atoms with Gasteiger partial charge in [0.1, 0.15) is 11.5 Å². The van der Waals surface area contributed by atoms with Crippen molar-refractivity contribution in [3.63, 3.8) is 0 Å². The molecule has 8 heteroatoms. The highest BCUT2D eigenvalue weighted by Crippen LogP contribution is 2.34. The first kappa shape index (κ1) is 21.0. The van der Waals surface area contributed by atoms with Crippen LogP contribution in [0.25, 0.3) is 17.4 Å². The zero-order valence-corrected chi connectivity index (χ0v) is 18.2. The van der Waals surface area contributed by atoms with E-state index in [-0.39, 0.29) is 5.91 Å². The maximum Gasteiger partial charge on any atom is 0.337 e. The number of hydrogen-bond donors (Lipinski definition) is 0. The lowest BCUT2D eigenvalue weighted by Crippen LogP contribution is -2.23. The number of amides is 1. The van der Waals surface area contributed by atoms with Crippen molar-refractivity contribution in [2.24, 2.45) is 4.99 Å². The molecule has 0 bridgehead atoms. The Hall–Kier alpha value is -3.29. The summed E-state index contributed by atoms with van der Waals surface area (Å²) in [5.41, 5.74) is 1.96. The topological polar surface area (TPSA) is 72.1 Å². The molecule has 2 heterocycles. The third-order valence-electron chi connectivity index (χ3n) is 4.55. The number of thioether (sulfide) groups is 1. The van der Waals surface area contributed by atoms with E-state index in [2.05, 4.69) is 4.99 Å². The molecule has 0 aliphatic carbocycles. The minimum atomic E-state index is -0.414. The van der Waals surface area contributed by atoms with Gasteiger partial charge in [0.05, 0.1) is 23.3 Å². The minimum Gasteiger partial charge on any atom is -0.465 e. The average Bonchev–Trinajstić information content (AvgIpc) is 3.35. The van der Waals surface area contributed by atoms with Crippen LogP contribution in [0.15, 0.2) is 75.0 Å². The van der Waals surface area contributed by atoms with E-state index in [1.54, 1.807) is 49.5 Å². The average molecular weight is 453 g/mol. The van der Waals surface area contributed by atoms with Gasteiger partial charge in [-0.25, -0.2) is 9.79 Å². The van der Waals surface area contributed by atoms with Gasteiger partial charge >= 0.3 is 5.97 Å². The van der Waals surface area contributed by atoms with Gasteiger partial charge in [-0.15, -0.1) is 0 Å². The summed E-state index contributed by atoms with van der Waals surface area (Å²) in [6.45, 7) is 0. The second-order valence-electron chi connectivity index (χ2n) is 6.62. The molecule has 0 N–H and O–H groups in total. The Morgan fingerprint density at radius 1 is 1.10 bits per heavy atom. The van der Waals surface area contributed by atoms with Crippen LogP contribution in [0.3, 0.4) is 0 Å². The fourth-order valence-corrected chi connectivity index (χ4v) is 3.97. The number of likely N-dealkylation sites (N-methyl/N-ethyl adjacent to an activating group) is 1. The van der Waals surface area contributed by atoms with Crippen molar-refractivity contribution in [2.75, 3.05) is 14.2 Å². The molecule has 156 valence electrons. The number of aliphatic imine (C=N–C) groups is 1. The summed E-state index contributed by atoms with van der Waals surface area (Å²) in [5.74, 6) is 0.674. The van der Waals surface area contributed by atoms with Crippen molar-refractivity contribution < 1.29 is 18.7 Å². The van der Waals surface area contributed by atoms with Crippen molar-refractivity contribution in [3.05, 3.63) is 81.9 Å². The Labute approximate surface area is 188 Å². The normalized spacial score (nSPS) is 16.4. The largest absolute Gasteiger partial charge is 0.465 e. The van der Waals surface area contributed by atoms with Crippen molar-refractivity contribution in [1.29, 1.82) is 0 Å². The zero-order valence-electron chi connectivity index (χ0n) is 16.7. The molecule has 3 aromatic rings. The van der Waals surface area contributed by atoms with E-state index in [0.717, 1.165) is 5.56 Å². The van der Waals surface area contributed by atoms with E-state index >= 15 is 0 Å². The predicted octanol–water partition coefficient (Wildman–Crippen LogP) is 5.62. The molecular weight excluding hydrogens is 436 g/mol. The van der Waals surface area contributed by atoms with E-state index in [1.165, 1.54) is 23.8 Å². The number of furan rings is 1. The molecule has 31 heavy (non-hydrogen) atoms. The summed E-state index contributed by atoms with van der Waals surface area (Å²) >= 11 is 7.19. The second-order valence-corrected chi connectivity index (χ2v) is 8.06. The first-order valence-electron chi connectivity index (χ1n) is 9.25. The van der Waals surface area contributed by atoms with Crippen LogP contribution in [-0.2, 0) is 9.53 Å². The molecule has 1 saturated heterocycles. The lowest BCUT2D eigenvalue weighted by molar-refractivity contribution is -0.121. The summed E-state index contributed by atoms with van der Waals surface area (Å²) in [7, 11) is 3.00. The Bertz CT molecular complexity index is 1200. The van der Waals surface area contributed by atoms with Crippen LogP contribution in [0.4, 0.5) is 5.69 Å². The molecular formula is C23H17ClN2O4S. The third-order valence-corrected chi connectivity index (χ3v) is 5.86. The molecule has 1 amide bonds. The van der Waals surface area contributed by atoms with Crippen LogP contribution in [-0.4, -0.2) is 36.1 Å². The van der Waals surface area contributed by atoms with E-state index in [0.29, 0.717) is 37.9 Å². The number of esters is 1. The Morgan fingerprint density at radius 3 is 2.48 bits per heavy atom.